The fourth-order valence-corrected chi connectivity index (χ4v) is 3.90. The lowest BCUT2D eigenvalue weighted by Crippen LogP contribution is -2.15. The number of carbonyl (C=O) groups excluding carboxylic acids is 3. The largest absolute Gasteiger partial charge is 0.494 e. The number of anilines is 1. The minimum atomic E-state index is -0.616. The van der Waals surface area contributed by atoms with Crippen LogP contribution >= 0.6 is 11.3 Å². The summed E-state index contributed by atoms with van der Waals surface area (Å²) in [5.74, 6) is -0.799. The van der Waals surface area contributed by atoms with Crippen molar-refractivity contribution in [2.45, 2.75) is 6.92 Å². The predicted octanol–water partition coefficient (Wildman–Crippen LogP) is 5.01. The van der Waals surface area contributed by atoms with Crippen LogP contribution in [0.1, 0.15) is 38.0 Å². The SMILES string of the molecule is CCOc1ccc2nc(NC(=O)c3ccc(C(=O)C(=O)c4ccccc4)cc3)sc2c1. The summed E-state index contributed by atoms with van der Waals surface area (Å²) >= 11 is 1.35. The fraction of sp³-hybridized carbons (Fsp3) is 0.0833. The summed E-state index contributed by atoms with van der Waals surface area (Å²) in [6.07, 6.45) is 0. The van der Waals surface area contributed by atoms with Crippen molar-refractivity contribution in [2.75, 3.05) is 11.9 Å². The Morgan fingerprint density at radius 3 is 2.19 bits per heavy atom. The minimum Gasteiger partial charge on any atom is -0.494 e. The van der Waals surface area contributed by atoms with Gasteiger partial charge < -0.3 is 4.74 Å². The third kappa shape index (κ3) is 4.51. The van der Waals surface area contributed by atoms with Gasteiger partial charge in [0.05, 0.1) is 16.8 Å². The van der Waals surface area contributed by atoms with Crippen LogP contribution in [0.25, 0.3) is 10.2 Å². The van der Waals surface area contributed by atoms with Gasteiger partial charge in [0.2, 0.25) is 11.6 Å². The van der Waals surface area contributed by atoms with E-state index in [1.807, 2.05) is 25.1 Å². The van der Waals surface area contributed by atoms with Crippen LogP contribution in [0.2, 0.25) is 0 Å². The monoisotopic (exact) mass is 430 g/mol. The number of ketones is 2. The lowest BCUT2D eigenvalue weighted by atomic mass is 10.0. The molecule has 0 atom stereocenters. The molecule has 0 bridgehead atoms. The number of fused-ring (bicyclic) bond motifs is 1. The third-order valence-corrected chi connectivity index (χ3v) is 5.48. The van der Waals surface area contributed by atoms with E-state index in [1.165, 1.54) is 35.6 Å². The van der Waals surface area contributed by atoms with Gasteiger partial charge in [0.1, 0.15) is 5.75 Å². The highest BCUT2D eigenvalue weighted by Gasteiger charge is 2.18. The molecule has 4 rings (SSSR count). The highest BCUT2D eigenvalue weighted by Crippen LogP contribution is 2.29. The van der Waals surface area contributed by atoms with E-state index in [0.29, 0.717) is 22.9 Å². The lowest BCUT2D eigenvalue weighted by Gasteiger charge is -2.04. The van der Waals surface area contributed by atoms with Crippen LogP contribution in [0, 0.1) is 0 Å². The van der Waals surface area contributed by atoms with Gasteiger partial charge in [-0.1, -0.05) is 53.8 Å². The fourth-order valence-electron chi connectivity index (χ4n) is 3.01. The van der Waals surface area contributed by atoms with E-state index in [1.54, 1.807) is 30.3 Å². The van der Waals surface area contributed by atoms with Gasteiger partial charge in [-0.2, -0.15) is 0 Å². The molecule has 154 valence electrons. The normalized spacial score (nSPS) is 10.6. The van der Waals surface area contributed by atoms with Crippen molar-refractivity contribution in [1.29, 1.82) is 0 Å². The van der Waals surface area contributed by atoms with E-state index in [0.717, 1.165) is 16.0 Å². The summed E-state index contributed by atoms with van der Waals surface area (Å²) in [5.41, 5.74) is 1.69. The number of Topliss-reactive ketones (excluding diaryl/α,β-unsaturated/α-hetero) is 2. The summed E-state index contributed by atoms with van der Waals surface area (Å²) in [6.45, 7) is 2.49. The van der Waals surface area contributed by atoms with E-state index in [2.05, 4.69) is 10.3 Å². The average molecular weight is 430 g/mol. The van der Waals surface area contributed by atoms with Crippen molar-refractivity contribution in [1.82, 2.24) is 4.98 Å². The second kappa shape index (κ2) is 8.89. The molecule has 0 aliphatic rings. The zero-order chi connectivity index (χ0) is 21.8. The number of hydrogen-bond acceptors (Lipinski definition) is 6. The molecular weight excluding hydrogens is 412 g/mol. The standard InChI is InChI=1S/C24H18N2O4S/c1-2-30-18-12-13-19-20(14-18)31-24(25-19)26-23(29)17-10-8-16(9-11-17)22(28)21(27)15-6-4-3-5-7-15/h3-14H,2H2,1H3,(H,25,26,29). The van der Waals surface area contributed by atoms with Crippen molar-refractivity contribution < 1.29 is 19.1 Å². The maximum absolute atomic E-state index is 12.6. The molecular formula is C24H18N2O4S. The summed E-state index contributed by atoms with van der Waals surface area (Å²) in [6, 6.07) is 19.9. The summed E-state index contributed by atoms with van der Waals surface area (Å²) in [7, 11) is 0. The quantitative estimate of drug-likeness (QED) is 0.329. The zero-order valence-corrected chi connectivity index (χ0v) is 17.4. The molecule has 7 heteroatoms. The number of benzene rings is 3. The van der Waals surface area contributed by atoms with E-state index in [-0.39, 0.29) is 11.5 Å². The number of aromatic nitrogens is 1. The van der Waals surface area contributed by atoms with Gasteiger partial charge in [-0.15, -0.1) is 0 Å². The Hall–Kier alpha value is -3.84. The number of ether oxygens (including phenoxy) is 1. The number of amides is 1. The molecule has 1 aromatic heterocycles. The van der Waals surface area contributed by atoms with Crippen molar-refractivity contribution in [2.24, 2.45) is 0 Å². The summed E-state index contributed by atoms with van der Waals surface area (Å²) < 4.78 is 6.39. The lowest BCUT2D eigenvalue weighted by molar-refractivity contribution is 0.0817. The molecule has 6 nitrogen and oxygen atoms in total. The second-order valence-electron chi connectivity index (χ2n) is 6.64. The van der Waals surface area contributed by atoms with Crippen molar-refractivity contribution in [3.63, 3.8) is 0 Å². The molecule has 1 heterocycles. The number of nitrogens with one attached hydrogen (secondary N) is 1. The van der Waals surface area contributed by atoms with E-state index in [9.17, 15) is 14.4 Å². The maximum atomic E-state index is 12.6. The van der Waals surface area contributed by atoms with Crippen LogP contribution in [0.5, 0.6) is 5.75 Å². The van der Waals surface area contributed by atoms with Crippen molar-refractivity contribution >= 4 is 44.2 Å². The number of carbonyl (C=O) groups is 3. The first-order valence-electron chi connectivity index (χ1n) is 9.64. The second-order valence-corrected chi connectivity index (χ2v) is 7.67. The van der Waals surface area contributed by atoms with Crippen molar-refractivity contribution in [3.05, 3.63) is 89.5 Å². The average Bonchev–Trinajstić information content (AvgIpc) is 3.20. The highest BCUT2D eigenvalue weighted by molar-refractivity contribution is 7.22. The summed E-state index contributed by atoms with van der Waals surface area (Å²) in [5, 5.41) is 3.24. The van der Waals surface area contributed by atoms with Crippen molar-refractivity contribution in [3.8, 4) is 5.75 Å². The topological polar surface area (TPSA) is 85.4 Å². The van der Waals surface area contributed by atoms with Gasteiger partial charge in [-0.05, 0) is 37.3 Å². The van der Waals surface area contributed by atoms with Gasteiger partial charge >= 0.3 is 0 Å². The molecule has 31 heavy (non-hydrogen) atoms. The third-order valence-electron chi connectivity index (χ3n) is 4.54. The Morgan fingerprint density at radius 1 is 0.871 bits per heavy atom. The molecule has 0 unspecified atom stereocenters. The van der Waals surface area contributed by atoms with Gasteiger partial charge in [0.15, 0.2) is 5.13 Å². The highest BCUT2D eigenvalue weighted by atomic mass is 32.1. The molecule has 0 aliphatic carbocycles. The van der Waals surface area contributed by atoms with E-state index in [4.69, 9.17) is 4.74 Å². The molecule has 3 aromatic carbocycles. The number of rotatable bonds is 7. The van der Waals surface area contributed by atoms with Crippen LogP contribution in [-0.2, 0) is 0 Å². The first kappa shape index (κ1) is 20.4. The van der Waals surface area contributed by atoms with Gasteiger partial charge in [0, 0.05) is 16.7 Å². The van der Waals surface area contributed by atoms with Crippen LogP contribution in [0.15, 0.2) is 72.8 Å². The minimum absolute atomic E-state index is 0.230. The molecule has 0 aliphatic heterocycles. The van der Waals surface area contributed by atoms with Crippen LogP contribution in [0.3, 0.4) is 0 Å². The number of thiazole rings is 1. The Kier molecular flexibility index (Phi) is 5.86. The van der Waals surface area contributed by atoms with Gasteiger partial charge in [-0.25, -0.2) is 4.98 Å². The Bertz CT molecular complexity index is 1260. The van der Waals surface area contributed by atoms with Crippen LogP contribution in [-0.4, -0.2) is 29.1 Å². The Morgan fingerprint density at radius 2 is 1.52 bits per heavy atom. The zero-order valence-electron chi connectivity index (χ0n) is 16.6. The molecule has 0 fully saturated rings. The molecule has 0 radical (unpaired) electrons. The van der Waals surface area contributed by atoms with E-state index < -0.39 is 11.6 Å². The van der Waals surface area contributed by atoms with Gasteiger partial charge in [0.25, 0.3) is 5.91 Å². The Balaban J connectivity index is 1.46. The molecule has 4 aromatic rings. The molecule has 1 amide bonds. The van der Waals surface area contributed by atoms with Crippen LogP contribution < -0.4 is 10.1 Å². The molecule has 1 N–H and O–H groups in total. The molecule has 0 spiro atoms. The van der Waals surface area contributed by atoms with Gasteiger partial charge in [-0.3, -0.25) is 19.7 Å². The number of nitrogens with zero attached hydrogens (tertiary/aromatic N) is 1. The number of hydrogen-bond donors (Lipinski definition) is 1. The maximum Gasteiger partial charge on any atom is 0.257 e. The first-order chi connectivity index (χ1) is 15.0. The van der Waals surface area contributed by atoms with E-state index >= 15 is 0 Å². The van der Waals surface area contributed by atoms with Crippen LogP contribution in [0.4, 0.5) is 5.13 Å². The summed E-state index contributed by atoms with van der Waals surface area (Å²) in [4.78, 5) is 41.7. The molecule has 0 saturated carbocycles. The smallest absolute Gasteiger partial charge is 0.257 e. The molecule has 0 saturated heterocycles. The predicted molar refractivity (Wildman–Crippen MR) is 120 cm³/mol. The first-order valence-corrected chi connectivity index (χ1v) is 10.5. The Labute approximate surface area is 182 Å².